The summed E-state index contributed by atoms with van der Waals surface area (Å²) in [6.45, 7) is 7.32. The molecule has 0 aliphatic carbocycles. The first-order valence-electron chi connectivity index (χ1n) is 10.3. The average Bonchev–Trinajstić information content (AvgIpc) is 2.68. The third-order valence-corrected chi connectivity index (χ3v) is 5.53. The van der Waals surface area contributed by atoms with Crippen LogP contribution in [-0.2, 0) is 16.6 Å². The number of nitrogens with one attached hydrogen (secondary N) is 2. The molecule has 32 heavy (non-hydrogen) atoms. The van der Waals surface area contributed by atoms with Crippen molar-refractivity contribution < 1.29 is 31.5 Å². The highest BCUT2D eigenvalue weighted by Gasteiger charge is 2.35. The Morgan fingerprint density at radius 3 is 2.09 bits per heavy atom. The van der Waals surface area contributed by atoms with Crippen LogP contribution in [-0.4, -0.2) is 48.4 Å². The maximum atomic E-state index is 13.6. The molecule has 1 atom stereocenters. The van der Waals surface area contributed by atoms with E-state index in [0.29, 0.717) is 38.1 Å². The first-order valence-corrected chi connectivity index (χ1v) is 10.8. The lowest BCUT2D eigenvalue weighted by Gasteiger charge is -2.33. The minimum Gasteiger partial charge on any atom is -0.352 e. The minimum absolute atomic E-state index is 0.0164. The van der Waals surface area contributed by atoms with E-state index in [2.05, 4.69) is 10.6 Å². The molecule has 2 rings (SSSR count). The number of rotatable bonds is 6. The predicted octanol–water partition coefficient (Wildman–Crippen LogP) is 3.99. The van der Waals surface area contributed by atoms with Crippen LogP contribution in [0.25, 0.3) is 0 Å². The van der Waals surface area contributed by atoms with Gasteiger partial charge in [0.15, 0.2) is 0 Å². The number of carbonyl (C=O) groups is 2. The van der Waals surface area contributed by atoms with Gasteiger partial charge in [0.1, 0.15) is 0 Å². The van der Waals surface area contributed by atoms with Gasteiger partial charge in [0, 0.05) is 36.3 Å². The molecule has 0 radical (unpaired) electrons. The lowest BCUT2D eigenvalue weighted by molar-refractivity contribution is -0.137. The van der Waals surface area contributed by atoms with E-state index in [1.807, 2.05) is 20.8 Å². The molecule has 1 aromatic rings. The quantitative estimate of drug-likeness (QED) is 0.477. The van der Waals surface area contributed by atoms with Crippen LogP contribution in [0, 0.1) is 5.92 Å². The van der Waals surface area contributed by atoms with E-state index in [-0.39, 0.29) is 30.5 Å². The van der Waals surface area contributed by atoms with Crippen LogP contribution in [0.2, 0.25) is 0 Å². The first kappa shape index (κ1) is 26.5. The van der Waals surface area contributed by atoms with E-state index in [1.54, 1.807) is 4.90 Å². The van der Waals surface area contributed by atoms with Crippen LogP contribution in [0.5, 0.6) is 0 Å². The Hall–Kier alpha value is -1.80. The summed E-state index contributed by atoms with van der Waals surface area (Å²) in [5, 5.41) is 5.68. The monoisotopic (exact) mass is 481 g/mol. The molecule has 1 heterocycles. The number of hydrogen-bond donors (Lipinski definition) is 2. The van der Waals surface area contributed by atoms with Crippen LogP contribution in [0.1, 0.15) is 55.1 Å². The van der Waals surface area contributed by atoms with Gasteiger partial charge in [-0.3, -0.25) is 9.59 Å². The Labute approximate surface area is 186 Å². The third kappa shape index (κ3) is 7.96. The van der Waals surface area contributed by atoms with Gasteiger partial charge >= 0.3 is 6.18 Å². The van der Waals surface area contributed by atoms with Crippen molar-refractivity contribution in [1.82, 2.24) is 15.5 Å². The molecule has 0 saturated carbocycles. The average molecular weight is 481 g/mol. The SMILES string of the molecule is CC(C)(C)NCC(=O)N1CCC(CNC(=O)c2cc(C(F)(F)F)cc(C(F)(F)P)c2)CC1. The van der Waals surface area contributed by atoms with Crippen LogP contribution < -0.4 is 10.6 Å². The molecule has 0 aromatic heterocycles. The van der Waals surface area contributed by atoms with Gasteiger partial charge in [-0.1, -0.05) is 9.24 Å². The molecule has 180 valence electrons. The van der Waals surface area contributed by atoms with E-state index in [9.17, 15) is 31.5 Å². The highest BCUT2D eigenvalue weighted by atomic mass is 31.0. The molecule has 5 nitrogen and oxygen atoms in total. The van der Waals surface area contributed by atoms with Crippen LogP contribution in [0.3, 0.4) is 0 Å². The number of nitrogens with zero attached hydrogens (tertiary/aromatic N) is 1. The standard InChI is InChI=1S/C21H29F5N3O2P/c1-19(2,3)28-12-17(30)29-6-4-13(5-7-29)11-27-18(31)14-8-15(20(22,23)24)10-16(9-14)21(25,26)32/h8-10,13,28H,4-7,11-12,32H2,1-3H3,(H,27,31). The van der Waals surface area contributed by atoms with Gasteiger partial charge in [-0.2, -0.15) is 22.0 Å². The normalized spacial score (nSPS) is 16.2. The molecule has 2 amide bonds. The fraction of sp³-hybridized carbons (Fsp3) is 0.619. The molecule has 0 bridgehead atoms. The van der Waals surface area contributed by atoms with Crippen molar-refractivity contribution >= 4 is 21.1 Å². The second-order valence-corrected chi connectivity index (χ2v) is 9.78. The molecule has 1 unspecified atom stereocenters. The smallest absolute Gasteiger partial charge is 0.352 e. The van der Waals surface area contributed by atoms with Gasteiger partial charge in [0.2, 0.25) is 5.91 Å². The Kier molecular flexibility index (Phi) is 8.26. The summed E-state index contributed by atoms with van der Waals surface area (Å²) in [5.41, 5.74) is -6.46. The Bertz CT molecular complexity index is 794. The second kappa shape index (κ2) is 10.00. The van der Waals surface area contributed by atoms with E-state index in [1.165, 1.54) is 9.24 Å². The van der Waals surface area contributed by atoms with Crippen molar-refractivity contribution in [2.45, 2.75) is 51.0 Å². The predicted molar refractivity (Wildman–Crippen MR) is 114 cm³/mol. The molecule has 11 heteroatoms. The molecule has 2 N–H and O–H groups in total. The fourth-order valence-corrected chi connectivity index (χ4v) is 3.46. The first-order chi connectivity index (χ1) is 14.6. The maximum absolute atomic E-state index is 13.6. The zero-order valence-corrected chi connectivity index (χ0v) is 19.4. The number of hydrogen-bond acceptors (Lipinski definition) is 3. The summed E-state index contributed by atoms with van der Waals surface area (Å²) in [7, 11) is 1.18. The number of halogens is 5. The number of alkyl halides is 5. The second-order valence-electron chi connectivity index (χ2n) is 9.06. The van der Waals surface area contributed by atoms with Crippen LogP contribution in [0.4, 0.5) is 22.0 Å². The van der Waals surface area contributed by atoms with Gasteiger partial charge < -0.3 is 15.5 Å². The molecule has 1 aromatic carbocycles. The number of likely N-dealkylation sites (tertiary alicyclic amines) is 1. The fourth-order valence-electron chi connectivity index (χ4n) is 3.29. The van der Waals surface area contributed by atoms with Gasteiger partial charge in [-0.25, -0.2) is 0 Å². The summed E-state index contributed by atoms with van der Waals surface area (Å²) < 4.78 is 66.4. The molecule has 1 fully saturated rings. The van der Waals surface area contributed by atoms with Gasteiger partial charge in [0.25, 0.3) is 11.6 Å². The summed E-state index contributed by atoms with van der Waals surface area (Å²) in [5.74, 6) is -0.830. The van der Waals surface area contributed by atoms with Gasteiger partial charge in [0.05, 0.1) is 12.1 Å². The maximum Gasteiger partial charge on any atom is 0.416 e. The van der Waals surface area contributed by atoms with Crippen molar-refractivity contribution in [3.8, 4) is 0 Å². The molecule has 1 aliphatic rings. The molecule has 0 spiro atoms. The Morgan fingerprint density at radius 1 is 1.03 bits per heavy atom. The lowest BCUT2D eigenvalue weighted by atomic mass is 9.96. The summed E-state index contributed by atoms with van der Waals surface area (Å²) in [6.07, 6.45) is -3.61. The van der Waals surface area contributed by atoms with Crippen LogP contribution in [0.15, 0.2) is 18.2 Å². The Morgan fingerprint density at radius 2 is 1.59 bits per heavy atom. The largest absolute Gasteiger partial charge is 0.416 e. The lowest BCUT2D eigenvalue weighted by Crippen LogP contribution is -2.48. The van der Waals surface area contributed by atoms with Gasteiger partial charge in [-0.05, 0) is 57.7 Å². The van der Waals surface area contributed by atoms with E-state index in [4.69, 9.17) is 0 Å². The van der Waals surface area contributed by atoms with E-state index >= 15 is 0 Å². The van der Waals surface area contributed by atoms with Crippen molar-refractivity contribution in [2.75, 3.05) is 26.2 Å². The minimum atomic E-state index is -4.86. The van der Waals surface area contributed by atoms with Crippen molar-refractivity contribution in [3.05, 3.63) is 34.9 Å². The number of amides is 2. The Balaban J connectivity index is 1.94. The van der Waals surface area contributed by atoms with Crippen molar-refractivity contribution in [3.63, 3.8) is 0 Å². The van der Waals surface area contributed by atoms with E-state index in [0.717, 1.165) is 6.07 Å². The van der Waals surface area contributed by atoms with Crippen molar-refractivity contribution in [2.24, 2.45) is 5.92 Å². The number of carbonyl (C=O) groups excluding carboxylic acids is 2. The van der Waals surface area contributed by atoms with E-state index < -0.39 is 34.4 Å². The topological polar surface area (TPSA) is 61.4 Å². The molecular weight excluding hydrogens is 452 g/mol. The van der Waals surface area contributed by atoms with Crippen LogP contribution >= 0.6 is 9.24 Å². The number of benzene rings is 1. The van der Waals surface area contributed by atoms with Gasteiger partial charge in [-0.15, -0.1) is 0 Å². The molecular formula is C21H29F5N3O2P. The third-order valence-electron chi connectivity index (χ3n) is 5.20. The van der Waals surface area contributed by atoms with Crippen molar-refractivity contribution in [1.29, 1.82) is 0 Å². The highest BCUT2D eigenvalue weighted by Crippen LogP contribution is 2.39. The summed E-state index contributed by atoms with van der Waals surface area (Å²) in [6, 6.07) is 1.67. The molecule has 1 aliphatic heterocycles. The zero-order chi connectivity index (χ0) is 24.3. The number of piperidine rings is 1. The zero-order valence-electron chi connectivity index (χ0n) is 18.3. The highest BCUT2D eigenvalue weighted by molar-refractivity contribution is 7.17. The summed E-state index contributed by atoms with van der Waals surface area (Å²) >= 11 is 0. The molecule has 1 saturated heterocycles. The summed E-state index contributed by atoms with van der Waals surface area (Å²) in [4.78, 5) is 26.4.